The van der Waals surface area contributed by atoms with Crippen molar-refractivity contribution in [2.75, 3.05) is 0 Å². The first-order chi connectivity index (χ1) is 16.2. The van der Waals surface area contributed by atoms with E-state index in [0.29, 0.717) is 22.3 Å². The second kappa shape index (κ2) is 9.37. The molecule has 0 saturated carbocycles. The van der Waals surface area contributed by atoms with Gasteiger partial charge in [-0.1, -0.05) is 96.6 Å². The van der Waals surface area contributed by atoms with Crippen LogP contribution in [-0.4, -0.2) is 11.0 Å². The van der Waals surface area contributed by atoms with Gasteiger partial charge in [0.15, 0.2) is 0 Å². The van der Waals surface area contributed by atoms with Crippen molar-refractivity contribution in [3.8, 4) is 11.1 Å². The van der Waals surface area contributed by atoms with Crippen molar-refractivity contribution in [2.24, 2.45) is 0 Å². The van der Waals surface area contributed by atoms with Gasteiger partial charge >= 0.3 is 0 Å². The van der Waals surface area contributed by atoms with E-state index in [1.165, 1.54) is 0 Å². The lowest BCUT2D eigenvalue weighted by molar-refractivity contribution is 0.104. The molecule has 4 aromatic rings. The summed E-state index contributed by atoms with van der Waals surface area (Å²) in [6.45, 7) is 7.43. The first-order valence-corrected chi connectivity index (χ1v) is 12.9. The molecule has 34 heavy (non-hydrogen) atoms. The minimum absolute atomic E-state index is 0.256. The van der Waals surface area contributed by atoms with Gasteiger partial charge in [-0.15, -0.1) is 0 Å². The summed E-state index contributed by atoms with van der Waals surface area (Å²) in [7, 11) is -4.22. The number of carbonyl (C=O) groups is 2. The van der Waals surface area contributed by atoms with E-state index in [4.69, 9.17) is 0 Å². The molecule has 0 aliphatic heterocycles. The van der Waals surface area contributed by atoms with Crippen molar-refractivity contribution >= 4 is 23.5 Å². The SMILES string of the molecule is Cc1cc(C)c(C(=O)P(=O)(C(=O)c2c(C)cccc2-c2ccccc2)c2ccccc2)c(C)c1. The maximum atomic E-state index is 14.8. The molecule has 0 heterocycles. The van der Waals surface area contributed by atoms with Crippen LogP contribution < -0.4 is 5.30 Å². The maximum Gasteiger partial charge on any atom is 0.248 e. The Kier molecular flexibility index (Phi) is 6.50. The van der Waals surface area contributed by atoms with Gasteiger partial charge in [-0.05, 0) is 55.5 Å². The first-order valence-electron chi connectivity index (χ1n) is 11.2. The Balaban J connectivity index is 2.00. The summed E-state index contributed by atoms with van der Waals surface area (Å²) in [6, 6.07) is 27.3. The standard InChI is InChI=1S/C30H27O3P/c1-20-18-22(3)27(23(4)19-20)29(31)34(33,25-15-9-6-10-16-25)30(32)28-21(2)12-11-17-26(28)24-13-7-5-8-14-24/h5-19H,1-4H3. The summed E-state index contributed by atoms with van der Waals surface area (Å²) in [5, 5.41) is 0.256. The van der Waals surface area contributed by atoms with E-state index in [2.05, 4.69) is 0 Å². The Morgan fingerprint density at radius 1 is 0.588 bits per heavy atom. The zero-order valence-corrected chi connectivity index (χ0v) is 20.7. The minimum Gasteiger partial charge on any atom is -0.302 e. The van der Waals surface area contributed by atoms with Gasteiger partial charge in [0, 0.05) is 16.4 Å². The molecule has 4 rings (SSSR count). The summed E-state index contributed by atoms with van der Waals surface area (Å²) >= 11 is 0. The van der Waals surface area contributed by atoms with Crippen LogP contribution in [0.4, 0.5) is 0 Å². The molecule has 3 nitrogen and oxygen atoms in total. The molecule has 0 radical (unpaired) electrons. The topological polar surface area (TPSA) is 51.2 Å². The van der Waals surface area contributed by atoms with Crippen LogP contribution in [0.2, 0.25) is 0 Å². The predicted molar refractivity (Wildman–Crippen MR) is 140 cm³/mol. The highest BCUT2D eigenvalue weighted by molar-refractivity contribution is 8.01. The van der Waals surface area contributed by atoms with Crippen LogP contribution in [0, 0.1) is 27.7 Å². The van der Waals surface area contributed by atoms with E-state index in [-0.39, 0.29) is 5.30 Å². The highest BCUT2D eigenvalue weighted by Crippen LogP contribution is 2.53. The average Bonchev–Trinajstić information content (AvgIpc) is 2.83. The maximum absolute atomic E-state index is 14.8. The van der Waals surface area contributed by atoms with Crippen molar-refractivity contribution in [1.82, 2.24) is 0 Å². The van der Waals surface area contributed by atoms with Gasteiger partial charge in [0.2, 0.25) is 18.2 Å². The lowest BCUT2D eigenvalue weighted by Gasteiger charge is -2.21. The van der Waals surface area contributed by atoms with Crippen LogP contribution in [-0.2, 0) is 4.57 Å². The summed E-state index contributed by atoms with van der Waals surface area (Å²) in [6.07, 6.45) is 0. The summed E-state index contributed by atoms with van der Waals surface area (Å²) in [4.78, 5) is 28.4. The van der Waals surface area contributed by atoms with Gasteiger partial charge in [-0.2, -0.15) is 0 Å². The molecule has 0 bridgehead atoms. The van der Waals surface area contributed by atoms with Gasteiger partial charge in [-0.25, -0.2) is 0 Å². The summed E-state index contributed by atoms with van der Waals surface area (Å²) in [5.41, 5.74) is 4.11. The molecule has 0 amide bonds. The van der Waals surface area contributed by atoms with Gasteiger partial charge in [0.25, 0.3) is 0 Å². The molecule has 0 fully saturated rings. The zero-order chi connectivity index (χ0) is 24.5. The van der Waals surface area contributed by atoms with Crippen molar-refractivity contribution in [3.63, 3.8) is 0 Å². The Morgan fingerprint density at radius 3 is 1.71 bits per heavy atom. The van der Waals surface area contributed by atoms with Gasteiger partial charge in [0.1, 0.15) is 0 Å². The normalized spacial score (nSPS) is 12.7. The third kappa shape index (κ3) is 4.08. The van der Waals surface area contributed by atoms with Gasteiger partial charge in [-0.3, -0.25) is 9.59 Å². The van der Waals surface area contributed by atoms with E-state index in [1.807, 2.05) is 88.4 Å². The van der Waals surface area contributed by atoms with Crippen LogP contribution in [0.25, 0.3) is 11.1 Å². The molecule has 0 saturated heterocycles. The fourth-order valence-corrected chi connectivity index (χ4v) is 7.13. The fraction of sp³-hybridized carbons (Fsp3) is 0.133. The van der Waals surface area contributed by atoms with Crippen LogP contribution in [0.1, 0.15) is 43.0 Å². The average molecular weight is 467 g/mol. The summed E-state index contributed by atoms with van der Waals surface area (Å²) < 4.78 is 14.8. The molecule has 0 spiro atoms. The Labute approximate surface area is 200 Å². The van der Waals surface area contributed by atoms with E-state index in [9.17, 15) is 14.2 Å². The largest absolute Gasteiger partial charge is 0.302 e. The van der Waals surface area contributed by atoms with Crippen LogP contribution in [0.3, 0.4) is 0 Å². The minimum atomic E-state index is -4.22. The number of hydrogen-bond acceptors (Lipinski definition) is 3. The molecule has 0 aromatic heterocycles. The molecule has 0 N–H and O–H groups in total. The van der Waals surface area contributed by atoms with Gasteiger partial charge in [0.05, 0.1) is 0 Å². The Bertz CT molecular complexity index is 1410. The second-order valence-electron chi connectivity index (χ2n) is 8.69. The van der Waals surface area contributed by atoms with Crippen molar-refractivity contribution in [2.45, 2.75) is 27.7 Å². The van der Waals surface area contributed by atoms with E-state index in [0.717, 1.165) is 22.3 Å². The Morgan fingerprint density at radius 2 is 1.12 bits per heavy atom. The lowest BCUT2D eigenvalue weighted by Crippen LogP contribution is -2.22. The van der Waals surface area contributed by atoms with Crippen LogP contribution >= 0.6 is 7.14 Å². The molecule has 4 heteroatoms. The van der Waals surface area contributed by atoms with E-state index < -0.39 is 18.2 Å². The molecule has 1 atom stereocenters. The van der Waals surface area contributed by atoms with E-state index in [1.54, 1.807) is 30.3 Å². The van der Waals surface area contributed by atoms with Crippen LogP contribution in [0.15, 0.2) is 91.0 Å². The molecular weight excluding hydrogens is 439 g/mol. The number of aryl methyl sites for hydroxylation is 4. The van der Waals surface area contributed by atoms with Crippen LogP contribution in [0.5, 0.6) is 0 Å². The molecule has 4 aromatic carbocycles. The smallest absolute Gasteiger partial charge is 0.248 e. The molecule has 170 valence electrons. The van der Waals surface area contributed by atoms with Crippen molar-refractivity contribution in [1.29, 1.82) is 0 Å². The lowest BCUT2D eigenvalue weighted by atomic mass is 9.97. The number of hydrogen-bond donors (Lipinski definition) is 0. The zero-order valence-electron chi connectivity index (χ0n) is 19.8. The van der Waals surface area contributed by atoms with Crippen molar-refractivity contribution in [3.05, 3.63) is 124 Å². The van der Waals surface area contributed by atoms with Gasteiger partial charge < -0.3 is 4.57 Å². The third-order valence-corrected chi connectivity index (χ3v) is 8.77. The second-order valence-corrected chi connectivity index (χ2v) is 11.2. The molecular formula is C30H27O3P. The van der Waals surface area contributed by atoms with E-state index >= 15 is 0 Å². The predicted octanol–water partition coefficient (Wildman–Crippen LogP) is 7.26. The van der Waals surface area contributed by atoms with Crippen molar-refractivity contribution < 1.29 is 14.2 Å². The molecule has 1 unspecified atom stereocenters. The monoisotopic (exact) mass is 466 g/mol. The summed E-state index contributed by atoms with van der Waals surface area (Å²) in [5.74, 6) is 0. The first kappa shape index (κ1) is 23.6. The highest BCUT2D eigenvalue weighted by atomic mass is 31.2. The number of benzene rings is 4. The molecule has 0 aliphatic rings. The molecule has 0 aliphatic carbocycles. The Hall–Kier alpha value is -3.55. The highest BCUT2D eigenvalue weighted by Gasteiger charge is 2.44. The third-order valence-electron chi connectivity index (χ3n) is 6.15. The quantitative estimate of drug-likeness (QED) is 0.281. The fourth-order valence-electron chi connectivity index (χ4n) is 4.61. The number of rotatable bonds is 6. The number of carbonyl (C=O) groups excluding carboxylic acids is 2.